The number of anilines is 1. The van der Waals surface area contributed by atoms with Crippen molar-refractivity contribution in [3.63, 3.8) is 0 Å². The molecule has 1 aliphatic rings. The maximum absolute atomic E-state index is 12.1. The van der Waals surface area contributed by atoms with E-state index in [0.717, 1.165) is 22.5 Å². The van der Waals surface area contributed by atoms with Gasteiger partial charge in [0.05, 0.1) is 5.69 Å². The van der Waals surface area contributed by atoms with Gasteiger partial charge in [-0.2, -0.15) is 0 Å². The third-order valence-electron chi connectivity index (χ3n) is 4.11. The Balaban J connectivity index is 1.86. The van der Waals surface area contributed by atoms with Crippen LogP contribution >= 0.6 is 0 Å². The van der Waals surface area contributed by atoms with E-state index < -0.39 is 0 Å². The van der Waals surface area contributed by atoms with Crippen molar-refractivity contribution in [2.45, 2.75) is 32.6 Å². The molecule has 112 valence electrons. The molecule has 1 amide bonds. The van der Waals surface area contributed by atoms with E-state index in [1.165, 1.54) is 5.56 Å². The largest absolute Gasteiger partial charge is 0.325 e. The molecule has 0 fully saturated rings. The maximum Gasteiger partial charge on any atom is 0.237 e. The van der Waals surface area contributed by atoms with Crippen LogP contribution in [0.3, 0.4) is 0 Å². The van der Waals surface area contributed by atoms with E-state index in [2.05, 4.69) is 36.3 Å². The average molecular weight is 292 g/mol. The van der Waals surface area contributed by atoms with Crippen LogP contribution in [0.1, 0.15) is 42.4 Å². The fourth-order valence-electron chi connectivity index (χ4n) is 2.79. The first-order chi connectivity index (χ1) is 10.6. The molecule has 1 atom stereocenters. The second-order valence-corrected chi connectivity index (χ2v) is 6.03. The first-order valence-electron chi connectivity index (χ1n) is 7.61. The molecule has 2 aromatic carbocycles. The first kappa shape index (κ1) is 14.5. The van der Waals surface area contributed by atoms with Gasteiger partial charge < -0.3 is 5.32 Å². The molecule has 1 heterocycles. The third-order valence-corrected chi connectivity index (χ3v) is 4.11. The van der Waals surface area contributed by atoms with Crippen molar-refractivity contribution in [1.29, 1.82) is 0 Å². The highest BCUT2D eigenvalue weighted by Crippen LogP contribution is 2.34. The lowest BCUT2D eigenvalue weighted by molar-refractivity contribution is -0.115. The Morgan fingerprint density at radius 3 is 2.55 bits per heavy atom. The Morgan fingerprint density at radius 1 is 1.14 bits per heavy atom. The number of fused-ring (bicyclic) bond motifs is 1. The molecule has 3 heteroatoms. The highest BCUT2D eigenvalue weighted by atomic mass is 16.2. The number of hydrogen-bond donors (Lipinski definition) is 1. The highest BCUT2D eigenvalue weighted by Gasteiger charge is 2.30. The van der Waals surface area contributed by atoms with Crippen molar-refractivity contribution >= 4 is 23.5 Å². The number of benzene rings is 2. The van der Waals surface area contributed by atoms with Crippen LogP contribution in [0.4, 0.5) is 11.4 Å². The first-order valence-corrected chi connectivity index (χ1v) is 7.61. The van der Waals surface area contributed by atoms with Gasteiger partial charge in [-0.1, -0.05) is 38.1 Å². The van der Waals surface area contributed by atoms with Gasteiger partial charge in [0.1, 0.15) is 5.92 Å². The van der Waals surface area contributed by atoms with Gasteiger partial charge in [-0.15, -0.1) is 0 Å². The zero-order chi connectivity index (χ0) is 15.7. The Bertz CT molecular complexity index is 730. The quantitative estimate of drug-likeness (QED) is 0.828. The molecule has 0 aromatic heterocycles. The summed E-state index contributed by atoms with van der Waals surface area (Å²) >= 11 is 0. The van der Waals surface area contributed by atoms with Crippen molar-refractivity contribution in [3.05, 3.63) is 59.2 Å². The number of rotatable bonds is 3. The van der Waals surface area contributed by atoms with Crippen molar-refractivity contribution in [3.8, 4) is 0 Å². The van der Waals surface area contributed by atoms with Crippen LogP contribution in [-0.2, 0) is 4.79 Å². The fraction of sp³-hybridized carbons (Fsp3) is 0.263. The van der Waals surface area contributed by atoms with Crippen molar-refractivity contribution < 1.29 is 4.79 Å². The van der Waals surface area contributed by atoms with E-state index in [1.54, 1.807) is 6.21 Å². The number of carbonyl (C=O) groups excluding carboxylic acids is 1. The van der Waals surface area contributed by atoms with Crippen LogP contribution in [0.2, 0.25) is 0 Å². The molecule has 22 heavy (non-hydrogen) atoms. The van der Waals surface area contributed by atoms with Gasteiger partial charge in [0.25, 0.3) is 0 Å². The second-order valence-electron chi connectivity index (χ2n) is 6.03. The molecule has 3 rings (SSSR count). The van der Waals surface area contributed by atoms with E-state index in [9.17, 15) is 4.79 Å². The second kappa shape index (κ2) is 5.76. The third kappa shape index (κ3) is 2.67. The van der Waals surface area contributed by atoms with Gasteiger partial charge in [0.15, 0.2) is 0 Å². The smallest absolute Gasteiger partial charge is 0.237 e. The normalized spacial score (nSPS) is 17.1. The molecule has 0 bridgehead atoms. The molecule has 1 aliphatic heterocycles. The minimum atomic E-state index is -0.305. The fourth-order valence-corrected chi connectivity index (χ4v) is 2.79. The summed E-state index contributed by atoms with van der Waals surface area (Å²) in [5.74, 6) is 0.195. The van der Waals surface area contributed by atoms with Gasteiger partial charge in [0.2, 0.25) is 5.91 Å². The zero-order valence-electron chi connectivity index (χ0n) is 13.1. The predicted octanol–water partition coefficient (Wildman–Crippen LogP) is 4.56. The van der Waals surface area contributed by atoms with Crippen molar-refractivity contribution in [2.24, 2.45) is 4.99 Å². The van der Waals surface area contributed by atoms with Crippen LogP contribution in [0.5, 0.6) is 0 Å². The molecule has 0 radical (unpaired) electrons. The number of aryl methyl sites for hydroxylation is 1. The summed E-state index contributed by atoms with van der Waals surface area (Å²) in [5, 5.41) is 2.92. The summed E-state index contributed by atoms with van der Waals surface area (Å²) < 4.78 is 0. The average Bonchev–Trinajstić information content (AvgIpc) is 2.82. The summed E-state index contributed by atoms with van der Waals surface area (Å²) in [7, 11) is 0. The van der Waals surface area contributed by atoms with Gasteiger partial charge in [-0.3, -0.25) is 9.79 Å². The number of nitrogens with zero attached hydrogens (tertiary/aromatic N) is 1. The van der Waals surface area contributed by atoms with E-state index >= 15 is 0 Å². The number of carbonyl (C=O) groups is 1. The van der Waals surface area contributed by atoms with Crippen molar-refractivity contribution in [2.75, 3.05) is 5.32 Å². The molecule has 1 unspecified atom stereocenters. The molecule has 2 aromatic rings. The van der Waals surface area contributed by atoms with E-state index in [-0.39, 0.29) is 11.8 Å². The van der Waals surface area contributed by atoms with Gasteiger partial charge in [0, 0.05) is 11.9 Å². The molecular formula is C19H20N2O. The summed E-state index contributed by atoms with van der Waals surface area (Å²) in [6.45, 7) is 6.36. The Hall–Kier alpha value is -2.42. The minimum absolute atomic E-state index is 0.00755. The number of hydrogen-bond acceptors (Lipinski definition) is 2. The standard InChI is InChI=1S/C19H20N2O/c1-12(2)14-7-9-15(10-8-14)20-11-16-18-13(3)5-4-6-17(18)21-19(16)22/h4-12,16H,1-3H3,(H,21,22). The SMILES string of the molecule is Cc1cccc2c1C(C=Nc1ccc(C(C)C)cc1)C(=O)N2. The predicted molar refractivity (Wildman–Crippen MR) is 91.2 cm³/mol. The molecule has 0 spiro atoms. The lowest BCUT2D eigenvalue weighted by Crippen LogP contribution is -2.13. The molecule has 0 saturated heterocycles. The minimum Gasteiger partial charge on any atom is -0.325 e. The number of nitrogens with one attached hydrogen (secondary N) is 1. The highest BCUT2D eigenvalue weighted by molar-refractivity contribution is 6.13. The van der Waals surface area contributed by atoms with E-state index in [0.29, 0.717) is 5.92 Å². The molecular weight excluding hydrogens is 272 g/mol. The van der Waals surface area contributed by atoms with Gasteiger partial charge in [-0.25, -0.2) is 0 Å². The summed E-state index contributed by atoms with van der Waals surface area (Å²) in [4.78, 5) is 16.6. The lowest BCUT2D eigenvalue weighted by atomic mass is 9.97. The maximum atomic E-state index is 12.1. The summed E-state index contributed by atoms with van der Waals surface area (Å²) in [5.41, 5.74) is 5.21. The molecule has 3 nitrogen and oxygen atoms in total. The topological polar surface area (TPSA) is 41.5 Å². The van der Waals surface area contributed by atoms with Gasteiger partial charge >= 0.3 is 0 Å². The molecule has 0 saturated carbocycles. The number of amides is 1. The Morgan fingerprint density at radius 2 is 1.86 bits per heavy atom. The van der Waals surface area contributed by atoms with Crippen LogP contribution in [0, 0.1) is 6.92 Å². The van der Waals surface area contributed by atoms with E-state index in [1.807, 2.05) is 37.3 Å². The van der Waals surface area contributed by atoms with Crippen LogP contribution in [0.15, 0.2) is 47.5 Å². The van der Waals surface area contributed by atoms with E-state index in [4.69, 9.17) is 0 Å². The monoisotopic (exact) mass is 292 g/mol. The molecule has 1 N–H and O–H groups in total. The van der Waals surface area contributed by atoms with Crippen LogP contribution in [-0.4, -0.2) is 12.1 Å². The summed E-state index contributed by atoms with van der Waals surface area (Å²) in [6.07, 6.45) is 1.75. The van der Waals surface area contributed by atoms with Crippen molar-refractivity contribution in [1.82, 2.24) is 0 Å². The summed E-state index contributed by atoms with van der Waals surface area (Å²) in [6, 6.07) is 14.1. The zero-order valence-corrected chi connectivity index (χ0v) is 13.1. The molecule has 0 aliphatic carbocycles. The Labute approximate surface area is 131 Å². The van der Waals surface area contributed by atoms with Crippen LogP contribution in [0.25, 0.3) is 0 Å². The van der Waals surface area contributed by atoms with Crippen LogP contribution < -0.4 is 5.32 Å². The Kier molecular flexibility index (Phi) is 3.80. The van der Waals surface area contributed by atoms with Gasteiger partial charge in [-0.05, 0) is 47.7 Å². The lowest BCUT2D eigenvalue weighted by Gasteiger charge is -2.07. The number of aliphatic imine (C=N–C) groups is 1.